The van der Waals surface area contributed by atoms with E-state index in [9.17, 15) is 9.90 Å². The summed E-state index contributed by atoms with van der Waals surface area (Å²) in [5.41, 5.74) is 2.11. The number of thioether (sulfide) groups is 1. The number of hydrogen-bond donors (Lipinski definition) is 2. The van der Waals surface area contributed by atoms with E-state index in [0.717, 1.165) is 11.1 Å². The number of carbonyl (C=O) groups excluding carboxylic acids is 1. The zero-order valence-corrected chi connectivity index (χ0v) is 19.8. The molecular weight excluding hydrogens is 472 g/mol. The summed E-state index contributed by atoms with van der Waals surface area (Å²) >= 11 is 7.68. The maximum Gasteiger partial charge on any atom is 0.276 e. The van der Waals surface area contributed by atoms with E-state index >= 15 is 0 Å². The summed E-state index contributed by atoms with van der Waals surface area (Å²) in [5.74, 6) is 0.692. The molecular formula is C25H21ClN4O3S. The number of halogens is 1. The molecule has 1 atom stereocenters. The zero-order valence-electron chi connectivity index (χ0n) is 18.2. The van der Waals surface area contributed by atoms with Crippen molar-refractivity contribution in [1.82, 2.24) is 10.3 Å². The van der Waals surface area contributed by atoms with Gasteiger partial charge in [0.25, 0.3) is 5.91 Å². The van der Waals surface area contributed by atoms with Crippen LogP contribution in [0.2, 0.25) is 5.02 Å². The fourth-order valence-corrected chi connectivity index (χ4v) is 4.97. The van der Waals surface area contributed by atoms with Crippen molar-refractivity contribution in [2.75, 3.05) is 6.61 Å². The van der Waals surface area contributed by atoms with Crippen molar-refractivity contribution in [2.24, 2.45) is 10.1 Å². The molecule has 0 bridgehead atoms. The number of carbonyl (C=O) groups is 1. The monoisotopic (exact) mass is 492 g/mol. The largest absolute Gasteiger partial charge is 0.504 e. The Morgan fingerprint density at radius 2 is 1.94 bits per heavy atom. The number of aromatic hydroxyl groups is 1. The van der Waals surface area contributed by atoms with Crippen molar-refractivity contribution in [3.63, 3.8) is 0 Å². The summed E-state index contributed by atoms with van der Waals surface area (Å²) < 4.78 is 5.57. The van der Waals surface area contributed by atoms with Crippen LogP contribution in [0.1, 0.15) is 24.2 Å². The molecule has 2 N–H and O–H groups in total. The van der Waals surface area contributed by atoms with E-state index < -0.39 is 6.17 Å². The van der Waals surface area contributed by atoms with Crippen molar-refractivity contribution >= 4 is 40.1 Å². The molecule has 3 aromatic rings. The van der Waals surface area contributed by atoms with Crippen LogP contribution in [0, 0.1) is 0 Å². The average Bonchev–Trinajstić information content (AvgIpc) is 2.84. The standard InChI is InChI=1S/C25H21ClN4O3S/c1-2-33-21-13-15(11-12-20(21)31)23-27-19-10-6-4-8-17(19)22-24(32)28-25(29-30(22)23)34-14-16-7-3-5-9-18(16)26/h3-13,23,31H,2,14H2,1H3,(H,28,29,32). The highest BCUT2D eigenvalue weighted by Gasteiger charge is 2.34. The van der Waals surface area contributed by atoms with Gasteiger partial charge in [-0.1, -0.05) is 65.8 Å². The smallest absolute Gasteiger partial charge is 0.276 e. The number of ether oxygens (including phenoxy) is 1. The van der Waals surface area contributed by atoms with Gasteiger partial charge in [-0.25, -0.2) is 5.01 Å². The van der Waals surface area contributed by atoms with Crippen LogP contribution in [0.3, 0.4) is 0 Å². The highest BCUT2D eigenvalue weighted by molar-refractivity contribution is 8.13. The number of nitrogens with zero attached hydrogens (tertiary/aromatic N) is 3. The highest BCUT2D eigenvalue weighted by atomic mass is 35.5. The molecule has 9 heteroatoms. The lowest BCUT2D eigenvalue weighted by atomic mass is 10.1. The van der Waals surface area contributed by atoms with E-state index in [1.54, 1.807) is 23.2 Å². The summed E-state index contributed by atoms with van der Waals surface area (Å²) in [6.45, 7) is 2.26. The molecule has 0 radical (unpaired) electrons. The Morgan fingerprint density at radius 1 is 1.15 bits per heavy atom. The van der Waals surface area contributed by atoms with E-state index in [-0.39, 0.29) is 11.7 Å². The van der Waals surface area contributed by atoms with Crippen molar-refractivity contribution in [2.45, 2.75) is 18.8 Å². The average molecular weight is 493 g/mol. The summed E-state index contributed by atoms with van der Waals surface area (Å²) in [6, 6.07) is 20.1. The molecule has 1 unspecified atom stereocenters. The maximum absolute atomic E-state index is 13.3. The van der Waals surface area contributed by atoms with Gasteiger partial charge >= 0.3 is 0 Å². The molecule has 0 spiro atoms. The highest BCUT2D eigenvalue weighted by Crippen LogP contribution is 2.35. The number of hydrazone groups is 1. The van der Waals surface area contributed by atoms with E-state index in [4.69, 9.17) is 26.4 Å². The normalized spacial score (nSPS) is 16.7. The topological polar surface area (TPSA) is 86.5 Å². The third kappa shape index (κ3) is 4.22. The van der Waals surface area contributed by atoms with Crippen molar-refractivity contribution in [3.8, 4) is 11.5 Å². The first-order chi connectivity index (χ1) is 16.5. The van der Waals surface area contributed by atoms with Crippen LogP contribution in [-0.2, 0) is 10.5 Å². The molecule has 0 aromatic heterocycles. The molecule has 1 amide bonds. The quantitative estimate of drug-likeness (QED) is 0.569. The molecule has 172 valence electrons. The van der Waals surface area contributed by atoms with Gasteiger partial charge in [-0.2, -0.15) is 0 Å². The van der Waals surface area contributed by atoms with Gasteiger partial charge in [-0.15, -0.1) is 5.10 Å². The van der Waals surface area contributed by atoms with Crippen LogP contribution in [0.15, 0.2) is 76.8 Å². The van der Waals surface area contributed by atoms with Crippen molar-refractivity contribution in [3.05, 3.63) is 93.5 Å². The number of fused-ring (bicyclic) bond motifs is 2. The Hall–Kier alpha value is -3.49. The zero-order chi connectivity index (χ0) is 23.7. The maximum atomic E-state index is 13.3. The number of benzene rings is 3. The predicted molar refractivity (Wildman–Crippen MR) is 133 cm³/mol. The fraction of sp³-hybridized carbons (Fsp3) is 0.160. The van der Waals surface area contributed by atoms with Gasteiger partial charge in [-0.3, -0.25) is 15.1 Å². The molecule has 0 saturated carbocycles. The van der Waals surface area contributed by atoms with E-state index in [1.807, 2.05) is 55.5 Å². The van der Waals surface area contributed by atoms with Crippen molar-refractivity contribution in [1.29, 1.82) is 0 Å². The van der Waals surface area contributed by atoms with Crippen LogP contribution < -0.4 is 20.6 Å². The minimum atomic E-state index is -0.605. The van der Waals surface area contributed by atoms with Gasteiger partial charge in [0.05, 0.1) is 12.0 Å². The Balaban J connectivity index is 1.57. The van der Waals surface area contributed by atoms with E-state index in [2.05, 4.69) is 5.32 Å². The van der Waals surface area contributed by atoms with Crippen LogP contribution in [0.4, 0.5) is 0 Å². The van der Waals surface area contributed by atoms with Gasteiger partial charge in [0.15, 0.2) is 22.8 Å². The number of nitrogens with one attached hydrogen (secondary N) is 1. The Morgan fingerprint density at radius 3 is 2.76 bits per heavy atom. The third-order valence-electron chi connectivity index (χ3n) is 5.42. The fourth-order valence-electron chi connectivity index (χ4n) is 3.83. The first-order valence-corrected chi connectivity index (χ1v) is 12.1. The van der Waals surface area contributed by atoms with Crippen LogP contribution >= 0.6 is 23.4 Å². The molecule has 0 aliphatic carbocycles. The number of para-hydroxylation sites is 1. The Kier molecular flexibility index (Phi) is 6.17. The molecule has 7 nitrogen and oxygen atoms in total. The molecule has 2 aliphatic heterocycles. The molecule has 2 aliphatic rings. The summed E-state index contributed by atoms with van der Waals surface area (Å²) in [6.07, 6.45) is -0.605. The van der Waals surface area contributed by atoms with Crippen LogP contribution in [-0.4, -0.2) is 27.8 Å². The minimum absolute atomic E-state index is 0.0434. The second kappa shape index (κ2) is 9.40. The van der Waals surface area contributed by atoms with Gasteiger partial charge < -0.3 is 9.84 Å². The molecule has 2 heterocycles. The lowest BCUT2D eigenvalue weighted by Gasteiger charge is -2.34. The first kappa shape index (κ1) is 22.3. The predicted octanol–water partition coefficient (Wildman–Crippen LogP) is 3.52. The molecule has 0 saturated heterocycles. The lowest BCUT2D eigenvalue weighted by molar-refractivity contribution is -0.116. The van der Waals surface area contributed by atoms with Crippen LogP contribution in [0.5, 0.6) is 11.5 Å². The molecule has 5 rings (SSSR count). The van der Waals surface area contributed by atoms with Gasteiger partial charge in [0, 0.05) is 21.6 Å². The Labute approximate surface area is 205 Å². The second-order valence-electron chi connectivity index (χ2n) is 7.61. The summed E-state index contributed by atoms with van der Waals surface area (Å²) in [7, 11) is 0. The molecule has 34 heavy (non-hydrogen) atoms. The van der Waals surface area contributed by atoms with Gasteiger partial charge in [0.1, 0.15) is 5.70 Å². The van der Waals surface area contributed by atoms with E-state index in [0.29, 0.717) is 44.6 Å². The van der Waals surface area contributed by atoms with Crippen molar-refractivity contribution < 1.29 is 14.6 Å². The number of phenols is 1. The Bertz CT molecular complexity index is 1430. The summed E-state index contributed by atoms with van der Waals surface area (Å²) in [5, 5.41) is 22.0. The number of phenolic OH excluding ortho intramolecular Hbond substituents is 1. The first-order valence-electron chi connectivity index (χ1n) is 10.7. The van der Waals surface area contributed by atoms with E-state index in [1.165, 1.54) is 11.8 Å². The van der Waals surface area contributed by atoms with Crippen LogP contribution in [0.25, 0.3) is 5.70 Å². The number of amides is 1. The second-order valence-corrected chi connectivity index (χ2v) is 8.98. The summed E-state index contributed by atoms with van der Waals surface area (Å²) in [4.78, 5) is 18.1. The number of hydrogen-bond acceptors (Lipinski definition) is 7. The van der Waals surface area contributed by atoms with Gasteiger partial charge in [-0.05, 0) is 36.8 Å². The van der Waals surface area contributed by atoms with Gasteiger partial charge in [0.2, 0.25) is 0 Å². The lowest BCUT2D eigenvalue weighted by Crippen LogP contribution is -2.50. The number of rotatable bonds is 5. The molecule has 0 fully saturated rings. The third-order valence-corrected chi connectivity index (χ3v) is 6.70. The molecule has 3 aromatic carbocycles. The minimum Gasteiger partial charge on any atom is -0.504 e. The SMILES string of the molecule is CCOc1cc(C2N=c3ccccc3=C3C(=O)NC(SCc4ccccc4Cl)=NN32)ccc1O. The number of amidine groups is 1.